The molecular formula is C15H12BrCl2NO2. The maximum absolute atomic E-state index is 11.9. The third kappa shape index (κ3) is 4.63. The van der Waals surface area contributed by atoms with E-state index in [0.717, 1.165) is 10.0 Å². The Hall–Kier alpha value is -1.23. The summed E-state index contributed by atoms with van der Waals surface area (Å²) in [7, 11) is 0. The van der Waals surface area contributed by atoms with Gasteiger partial charge in [-0.05, 0) is 36.8 Å². The monoisotopic (exact) mass is 387 g/mol. The molecule has 3 nitrogen and oxygen atoms in total. The lowest BCUT2D eigenvalue weighted by molar-refractivity contribution is -0.118. The summed E-state index contributed by atoms with van der Waals surface area (Å²) in [4.78, 5) is 11.9. The first-order chi connectivity index (χ1) is 9.95. The van der Waals surface area contributed by atoms with Crippen LogP contribution in [0.2, 0.25) is 10.0 Å². The van der Waals surface area contributed by atoms with E-state index in [9.17, 15) is 4.79 Å². The Bertz CT molecular complexity index is 677. The van der Waals surface area contributed by atoms with Crippen LogP contribution in [0.3, 0.4) is 0 Å². The molecule has 0 aliphatic heterocycles. The van der Waals surface area contributed by atoms with Gasteiger partial charge in [-0.2, -0.15) is 0 Å². The predicted molar refractivity (Wildman–Crippen MR) is 89.5 cm³/mol. The van der Waals surface area contributed by atoms with E-state index >= 15 is 0 Å². The summed E-state index contributed by atoms with van der Waals surface area (Å²) in [5.74, 6) is 0.103. The Morgan fingerprint density at radius 1 is 1.24 bits per heavy atom. The molecule has 0 unspecified atom stereocenters. The summed E-state index contributed by atoms with van der Waals surface area (Å²) < 4.78 is 6.30. The summed E-state index contributed by atoms with van der Waals surface area (Å²) in [5, 5.41) is 3.65. The van der Waals surface area contributed by atoms with Crippen LogP contribution in [0.25, 0.3) is 0 Å². The zero-order valence-electron chi connectivity index (χ0n) is 11.1. The van der Waals surface area contributed by atoms with Gasteiger partial charge in [0.2, 0.25) is 0 Å². The van der Waals surface area contributed by atoms with Gasteiger partial charge < -0.3 is 10.1 Å². The fourth-order valence-corrected chi connectivity index (χ4v) is 2.31. The van der Waals surface area contributed by atoms with E-state index < -0.39 is 0 Å². The van der Waals surface area contributed by atoms with Gasteiger partial charge in [-0.1, -0.05) is 45.2 Å². The number of carbonyl (C=O) groups is 1. The standard InChI is InChI=1S/C15H12BrCl2NO2/c1-9-2-4-11(7-12(9)16)19-15(20)8-21-14-6-10(17)3-5-13(14)18/h2-7H,8H2,1H3,(H,19,20). The molecule has 0 aromatic heterocycles. The van der Waals surface area contributed by atoms with Gasteiger partial charge >= 0.3 is 0 Å². The molecule has 6 heteroatoms. The van der Waals surface area contributed by atoms with Crippen LogP contribution >= 0.6 is 39.1 Å². The molecule has 2 aromatic rings. The molecule has 0 aliphatic rings. The topological polar surface area (TPSA) is 38.3 Å². The van der Waals surface area contributed by atoms with Crippen LogP contribution in [0.15, 0.2) is 40.9 Å². The number of amides is 1. The zero-order valence-corrected chi connectivity index (χ0v) is 14.2. The number of halogens is 3. The van der Waals surface area contributed by atoms with Gasteiger partial charge in [0.05, 0.1) is 5.02 Å². The van der Waals surface area contributed by atoms with Crippen LogP contribution in [0.1, 0.15) is 5.56 Å². The minimum Gasteiger partial charge on any atom is -0.482 e. The van der Waals surface area contributed by atoms with E-state index in [1.54, 1.807) is 18.2 Å². The van der Waals surface area contributed by atoms with Gasteiger partial charge in [-0.15, -0.1) is 0 Å². The number of nitrogens with one attached hydrogen (secondary N) is 1. The Morgan fingerprint density at radius 2 is 2.00 bits per heavy atom. The minimum atomic E-state index is -0.276. The van der Waals surface area contributed by atoms with Crippen molar-refractivity contribution in [3.63, 3.8) is 0 Å². The third-order valence-electron chi connectivity index (χ3n) is 2.71. The van der Waals surface area contributed by atoms with E-state index in [1.165, 1.54) is 0 Å². The average Bonchev–Trinajstić information content (AvgIpc) is 2.44. The quantitative estimate of drug-likeness (QED) is 0.792. The molecule has 0 spiro atoms. The minimum absolute atomic E-state index is 0.147. The SMILES string of the molecule is Cc1ccc(NC(=O)COc2cc(Cl)ccc2Cl)cc1Br. The number of ether oxygens (including phenoxy) is 1. The number of benzene rings is 2. The Morgan fingerprint density at radius 3 is 2.71 bits per heavy atom. The number of anilines is 1. The Kier molecular flexibility index (Phi) is 5.51. The number of rotatable bonds is 4. The van der Waals surface area contributed by atoms with Gasteiger partial charge in [-0.25, -0.2) is 0 Å². The fourth-order valence-electron chi connectivity index (χ4n) is 1.60. The van der Waals surface area contributed by atoms with Crippen LogP contribution in [0.5, 0.6) is 5.75 Å². The second kappa shape index (κ2) is 7.16. The molecule has 0 bridgehead atoms. The molecule has 0 atom stereocenters. The maximum atomic E-state index is 11.9. The first-order valence-corrected chi connectivity index (χ1v) is 7.64. The molecular weight excluding hydrogens is 377 g/mol. The maximum Gasteiger partial charge on any atom is 0.262 e. The fraction of sp³-hybridized carbons (Fsp3) is 0.133. The molecule has 1 N–H and O–H groups in total. The molecule has 2 rings (SSSR count). The van der Waals surface area contributed by atoms with Gasteiger partial charge in [-0.3, -0.25) is 4.79 Å². The second-order valence-electron chi connectivity index (χ2n) is 4.38. The van der Waals surface area contributed by atoms with Crippen molar-refractivity contribution in [3.05, 3.63) is 56.5 Å². The highest BCUT2D eigenvalue weighted by Crippen LogP contribution is 2.27. The molecule has 0 saturated heterocycles. The van der Waals surface area contributed by atoms with Crippen LogP contribution < -0.4 is 10.1 Å². The van der Waals surface area contributed by atoms with Gasteiger partial charge in [0.15, 0.2) is 6.61 Å². The smallest absolute Gasteiger partial charge is 0.262 e. The van der Waals surface area contributed by atoms with Crippen molar-refractivity contribution in [3.8, 4) is 5.75 Å². The zero-order chi connectivity index (χ0) is 15.4. The average molecular weight is 389 g/mol. The van der Waals surface area contributed by atoms with Crippen molar-refractivity contribution in [2.24, 2.45) is 0 Å². The number of carbonyl (C=O) groups excluding carboxylic acids is 1. The summed E-state index contributed by atoms with van der Waals surface area (Å²) in [5.41, 5.74) is 1.79. The summed E-state index contributed by atoms with van der Waals surface area (Å²) in [6.07, 6.45) is 0. The number of aryl methyl sites for hydroxylation is 1. The first kappa shape index (κ1) is 16.1. The van der Waals surface area contributed by atoms with Gasteiger partial charge in [0, 0.05) is 21.2 Å². The molecule has 0 saturated carbocycles. The van der Waals surface area contributed by atoms with Crippen molar-refractivity contribution >= 4 is 50.7 Å². The molecule has 0 fully saturated rings. The normalized spacial score (nSPS) is 10.3. The van der Waals surface area contributed by atoms with Crippen LogP contribution in [0, 0.1) is 6.92 Å². The molecule has 0 aliphatic carbocycles. The van der Waals surface area contributed by atoms with Crippen molar-refractivity contribution in [1.29, 1.82) is 0 Å². The van der Waals surface area contributed by atoms with Gasteiger partial charge in [0.1, 0.15) is 5.75 Å². The lowest BCUT2D eigenvalue weighted by atomic mass is 10.2. The summed E-state index contributed by atoms with van der Waals surface area (Å²) in [6.45, 7) is 1.82. The van der Waals surface area contributed by atoms with E-state index in [4.69, 9.17) is 27.9 Å². The highest BCUT2D eigenvalue weighted by molar-refractivity contribution is 9.10. The largest absolute Gasteiger partial charge is 0.482 e. The lowest BCUT2D eigenvalue weighted by Gasteiger charge is -2.10. The van der Waals surface area contributed by atoms with Crippen LogP contribution in [-0.2, 0) is 4.79 Å². The highest BCUT2D eigenvalue weighted by atomic mass is 79.9. The van der Waals surface area contributed by atoms with E-state index in [0.29, 0.717) is 21.5 Å². The first-order valence-electron chi connectivity index (χ1n) is 6.09. The van der Waals surface area contributed by atoms with E-state index in [1.807, 2.05) is 25.1 Å². The van der Waals surface area contributed by atoms with Crippen LogP contribution in [0.4, 0.5) is 5.69 Å². The predicted octanol–water partition coefficient (Wildman–Crippen LogP) is 5.08. The third-order valence-corrected chi connectivity index (χ3v) is 4.11. The Balaban J connectivity index is 1.95. The van der Waals surface area contributed by atoms with Crippen LogP contribution in [-0.4, -0.2) is 12.5 Å². The molecule has 0 heterocycles. The lowest BCUT2D eigenvalue weighted by Crippen LogP contribution is -2.20. The molecule has 21 heavy (non-hydrogen) atoms. The molecule has 2 aromatic carbocycles. The molecule has 110 valence electrons. The molecule has 0 radical (unpaired) electrons. The van der Waals surface area contributed by atoms with Crippen molar-refractivity contribution in [2.45, 2.75) is 6.92 Å². The second-order valence-corrected chi connectivity index (χ2v) is 6.07. The number of hydrogen-bond acceptors (Lipinski definition) is 2. The number of hydrogen-bond donors (Lipinski definition) is 1. The van der Waals surface area contributed by atoms with E-state index in [-0.39, 0.29) is 12.5 Å². The van der Waals surface area contributed by atoms with Crippen molar-refractivity contribution in [1.82, 2.24) is 0 Å². The highest BCUT2D eigenvalue weighted by Gasteiger charge is 2.08. The molecule has 1 amide bonds. The summed E-state index contributed by atoms with van der Waals surface area (Å²) in [6, 6.07) is 10.4. The van der Waals surface area contributed by atoms with Gasteiger partial charge in [0.25, 0.3) is 5.91 Å². The van der Waals surface area contributed by atoms with Crippen molar-refractivity contribution < 1.29 is 9.53 Å². The summed E-state index contributed by atoms with van der Waals surface area (Å²) >= 11 is 15.2. The Labute approximate surface area is 141 Å². The van der Waals surface area contributed by atoms with E-state index in [2.05, 4.69) is 21.2 Å². The van der Waals surface area contributed by atoms with Crippen molar-refractivity contribution in [2.75, 3.05) is 11.9 Å².